The van der Waals surface area contributed by atoms with Crippen molar-refractivity contribution in [3.05, 3.63) is 36.5 Å². The van der Waals surface area contributed by atoms with E-state index in [9.17, 15) is 14.4 Å². The SMILES string of the molecule is CCCCCCC/C=C\CCCCCCCC(=O)OCC(COC(=O)CCCCCCCCCCCCCCCCCCC/C=C\CCCCCCCCCC)OC(=O)CCCCCCCCC/C=C\CCCCCCCCC. The van der Waals surface area contributed by atoms with E-state index in [0.717, 1.165) is 64.2 Å². The highest BCUT2D eigenvalue weighted by Gasteiger charge is 2.19. The third-order valence-electron chi connectivity index (χ3n) is 16.1. The van der Waals surface area contributed by atoms with Gasteiger partial charge in [-0.3, -0.25) is 14.4 Å². The fraction of sp³-hybridized carbons (Fsp3) is 0.877. The Morgan fingerprint density at radius 2 is 0.418 bits per heavy atom. The molecule has 0 aliphatic rings. The summed E-state index contributed by atoms with van der Waals surface area (Å²) in [5.74, 6) is -0.859. The Morgan fingerprint density at radius 1 is 0.241 bits per heavy atom. The minimum Gasteiger partial charge on any atom is -0.462 e. The van der Waals surface area contributed by atoms with Gasteiger partial charge in [0, 0.05) is 19.3 Å². The number of carbonyl (C=O) groups is 3. The van der Waals surface area contributed by atoms with Gasteiger partial charge in [0.05, 0.1) is 0 Å². The molecule has 0 rings (SSSR count). The zero-order chi connectivity index (χ0) is 57.1. The van der Waals surface area contributed by atoms with Crippen LogP contribution in [0.25, 0.3) is 0 Å². The number of unbranched alkanes of at least 4 members (excludes halogenated alkanes) is 49. The van der Waals surface area contributed by atoms with Gasteiger partial charge in [-0.15, -0.1) is 0 Å². The first kappa shape index (κ1) is 76.6. The van der Waals surface area contributed by atoms with Crippen LogP contribution < -0.4 is 0 Å². The molecule has 0 fully saturated rings. The zero-order valence-corrected chi connectivity index (χ0v) is 53.4. The van der Waals surface area contributed by atoms with Gasteiger partial charge in [-0.2, -0.15) is 0 Å². The molecule has 0 aliphatic carbocycles. The van der Waals surface area contributed by atoms with Gasteiger partial charge in [0.25, 0.3) is 0 Å². The molecule has 6 heteroatoms. The first-order chi connectivity index (χ1) is 39.0. The largest absolute Gasteiger partial charge is 0.462 e. The normalized spacial score (nSPS) is 12.2. The zero-order valence-electron chi connectivity index (χ0n) is 53.4. The molecule has 0 saturated heterocycles. The third-order valence-corrected chi connectivity index (χ3v) is 16.1. The molecule has 0 aromatic heterocycles. The summed E-state index contributed by atoms with van der Waals surface area (Å²) in [4.78, 5) is 38.4. The van der Waals surface area contributed by atoms with E-state index in [4.69, 9.17) is 14.2 Å². The molecular formula is C73H136O6. The lowest BCUT2D eigenvalue weighted by molar-refractivity contribution is -0.167. The van der Waals surface area contributed by atoms with Gasteiger partial charge in [-0.05, 0) is 96.3 Å². The van der Waals surface area contributed by atoms with Gasteiger partial charge in [-0.1, -0.05) is 314 Å². The molecule has 0 N–H and O–H groups in total. The summed E-state index contributed by atoms with van der Waals surface area (Å²) in [6, 6.07) is 0. The van der Waals surface area contributed by atoms with Crippen LogP contribution in [0.3, 0.4) is 0 Å². The van der Waals surface area contributed by atoms with E-state index in [0.29, 0.717) is 19.3 Å². The molecule has 0 heterocycles. The van der Waals surface area contributed by atoms with Crippen LogP contribution in [0.15, 0.2) is 36.5 Å². The molecule has 0 bridgehead atoms. The van der Waals surface area contributed by atoms with Gasteiger partial charge in [0.2, 0.25) is 0 Å². The molecule has 0 amide bonds. The summed E-state index contributed by atoms with van der Waals surface area (Å²) in [6.07, 6.45) is 84.6. The molecule has 464 valence electrons. The van der Waals surface area contributed by atoms with Crippen molar-refractivity contribution >= 4 is 17.9 Å². The molecule has 1 unspecified atom stereocenters. The van der Waals surface area contributed by atoms with Crippen LogP contribution in [0, 0.1) is 0 Å². The number of esters is 3. The molecular weight excluding hydrogens is 973 g/mol. The summed E-state index contributed by atoms with van der Waals surface area (Å²) in [5.41, 5.74) is 0. The summed E-state index contributed by atoms with van der Waals surface area (Å²) >= 11 is 0. The summed E-state index contributed by atoms with van der Waals surface area (Å²) in [5, 5.41) is 0. The van der Waals surface area contributed by atoms with Crippen molar-refractivity contribution in [2.24, 2.45) is 0 Å². The molecule has 0 saturated carbocycles. The lowest BCUT2D eigenvalue weighted by atomic mass is 10.0. The fourth-order valence-corrected chi connectivity index (χ4v) is 10.7. The Labute approximate surface area is 493 Å². The van der Waals surface area contributed by atoms with Gasteiger partial charge >= 0.3 is 17.9 Å². The Morgan fingerprint density at radius 3 is 0.633 bits per heavy atom. The quantitative estimate of drug-likeness (QED) is 0.0261. The smallest absolute Gasteiger partial charge is 0.306 e. The Balaban J connectivity index is 4.20. The van der Waals surface area contributed by atoms with E-state index < -0.39 is 6.10 Å². The van der Waals surface area contributed by atoms with Crippen LogP contribution in [0.5, 0.6) is 0 Å². The van der Waals surface area contributed by atoms with Crippen LogP contribution in [-0.4, -0.2) is 37.2 Å². The average Bonchev–Trinajstić information content (AvgIpc) is 3.45. The number of hydrogen-bond donors (Lipinski definition) is 0. The highest BCUT2D eigenvalue weighted by atomic mass is 16.6. The number of ether oxygens (including phenoxy) is 3. The van der Waals surface area contributed by atoms with Gasteiger partial charge in [0.15, 0.2) is 6.10 Å². The van der Waals surface area contributed by atoms with E-state index in [-0.39, 0.29) is 31.1 Å². The Kier molecular flexibility index (Phi) is 66.1. The molecule has 0 aliphatic heterocycles. The minimum absolute atomic E-state index is 0.0722. The maximum atomic E-state index is 12.9. The predicted octanol–water partition coefficient (Wildman–Crippen LogP) is 24.3. The fourth-order valence-electron chi connectivity index (χ4n) is 10.7. The van der Waals surface area contributed by atoms with Crippen molar-refractivity contribution in [1.29, 1.82) is 0 Å². The van der Waals surface area contributed by atoms with Crippen LogP contribution in [-0.2, 0) is 28.6 Å². The van der Waals surface area contributed by atoms with Crippen molar-refractivity contribution in [2.75, 3.05) is 13.2 Å². The highest BCUT2D eigenvalue weighted by molar-refractivity contribution is 5.71. The van der Waals surface area contributed by atoms with Gasteiger partial charge < -0.3 is 14.2 Å². The molecule has 0 aromatic rings. The van der Waals surface area contributed by atoms with Crippen LogP contribution in [0.4, 0.5) is 0 Å². The standard InChI is InChI=1S/C73H136O6/c1-4-7-10-13-16-19-22-25-28-30-32-33-34-35-36-37-38-39-40-41-42-44-45-48-51-54-57-60-63-66-72(75)78-69-70(68-77-71(74)65-62-59-56-53-50-47-27-24-21-18-15-12-9-6-3)79-73(76)67-64-61-58-55-52-49-46-43-31-29-26-23-20-17-14-11-8-5-2/h24,27,29-32,70H,4-23,25-26,28,33-69H2,1-3H3/b27-24-,31-29-,32-30-. The van der Waals surface area contributed by atoms with Crippen LogP contribution in [0.1, 0.15) is 393 Å². The van der Waals surface area contributed by atoms with Crippen molar-refractivity contribution in [2.45, 2.75) is 399 Å². The Bertz CT molecular complexity index is 1320. The maximum absolute atomic E-state index is 12.9. The maximum Gasteiger partial charge on any atom is 0.306 e. The van der Waals surface area contributed by atoms with Crippen molar-refractivity contribution in [3.8, 4) is 0 Å². The van der Waals surface area contributed by atoms with Gasteiger partial charge in [-0.25, -0.2) is 0 Å². The highest BCUT2D eigenvalue weighted by Crippen LogP contribution is 2.18. The number of carbonyl (C=O) groups excluding carboxylic acids is 3. The second-order valence-corrected chi connectivity index (χ2v) is 24.1. The van der Waals surface area contributed by atoms with Crippen molar-refractivity contribution in [3.63, 3.8) is 0 Å². The molecule has 0 spiro atoms. The molecule has 79 heavy (non-hydrogen) atoms. The first-order valence-electron chi connectivity index (χ1n) is 35.5. The second-order valence-electron chi connectivity index (χ2n) is 24.1. The van der Waals surface area contributed by atoms with E-state index in [1.54, 1.807) is 0 Å². The minimum atomic E-state index is -0.777. The number of allylic oxidation sites excluding steroid dienone is 6. The summed E-state index contributed by atoms with van der Waals surface area (Å²) < 4.78 is 17.0. The number of hydrogen-bond acceptors (Lipinski definition) is 6. The summed E-state index contributed by atoms with van der Waals surface area (Å²) in [6.45, 7) is 6.68. The predicted molar refractivity (Wildman–Crippen MR) is 344 cm³/mol. The first-order valence-corrected chi connectivity index (χ1v) is 35.5. The van der Waals surface area contributed by atoms with E-state index in [1.807, 2.05) is 0 Å². The molecule has 0 radical (unpaired) electrons. The molecule has 0 aromatic carbocycles. The van der Waals surface area contributed by atoms with Crippen LogP contribution >= 0.6 is 0 Å². The second kappa shape index (κ2) is 68.1. The van der Waals surface area contributed by atoms with Gasteiger partial charge in [0.1, 0.15) is 13.2 Å². The van der Waals surface area contributed by atoms with Crippen molar-refractivity contribution < 1.29 is 28.6 Å². The third kappa shape index (κ3) is 66.3. The van der Waals surface area contributed by atoms with Crippen LogP contribution in [0.2, 0.25) is 0 Å². The van der Waals surface area contributed by atoms with E-state index in [1.165, 1.54) is 289 Å². The lowest BCUT2D eigenvalue weighted by Crippen LogP contribution is -2.30. The lowest BCUT2D eigenvalue weighted by Gasteiger charge is -2.18. The van der Waals surface area contributed by atoms with E-state index in [2.05, 4.69) is 57.2 Å². The average molecular weight is 1110 g/mol. The van der Waals surface area contributed by atoms with E-state index >= 15 is 0 Å². The molecule has 6 nitrogen and oxygen atoms in total. The Hall–Kier alpha value is -2.37. The topological polar surface area (TPSA) is 78.9 Å². The number of rotatable bonds is 66. The van der Waals surface area contributed by atoms with Crippen molar-refractivity contribution in [1.82, 2.24) is 0 Å². The summed E-state index contributed by atoms with van der Waals surface area (Å²) in [7, 11) is 0. The molecule has 1 atom stereocenters. The monoisotopic (exact) mass is 1110 g/mol.